The Morgan fingerprint density at radius 3 is 2.50 bits per heavy atom. The first-order valence-electron chi connectivity index (χ1n) is 4.86. The molecule has 0 bridgehead atoms. The lowest BCUT2D eigenvalue weighted by Crippen LogP contribution is -2.39. The normalized spacial score (nSPS) is 32.0. The molecule has 2 aliphatic heterocycles. The van der Waals surface area contributed by atoms with Crippen molar-refractivity contribution in [1.29, 1.82) is 0 Å². The molecule has 2 aliphatic rings. The second kappa shape index (κ2) is 3.44. The zero-order valence-electron chi connectivity index (χ0n) is 7.31. The highest BCUT2D eigenvalue weighted by atomic mass is 16.1. The molecule has 0 saturated carbocycles. The minimum atomic E-state index is 0.249. The van der Waals surface area contributed by atoms with Crippen molar-refractivity contribution in [2.24, 2.45) is 5.92 Å². The topological polar surface area (TPSA) is 41.1 Å². The standard InChI is InChI=1S/C9H16N2O/c12-9-2-1-8(11-9)7-3-5-10-6-4-7/h7-8,10H,1-6H2,(H,11,12)/t8-/m0/s1. The lowest BCUT2D eigenvalue weighted by molar-refractivity contribution is -0.119. The van der Waals surface area contributed by atoms with Crippen molar-refractivity contribution in [3.05, 3.63) is 0 Å². The van der Waals surface area contributed by atoms with Crippen LogP contribution in [0.1, 0.15) is 25.7 Å². The predicted molar refractivity (Wildman–Crippen MR) is 46.8 cm³/mol. The molecule has 0 aromatic rings. The summed E-state index contributed by atoms with van der Waals surface area (Å²) in [4.78, 5) is 11.0. The van der Waals surface area contributed by atoms with Gasteiger partial charge in [0.25, 0.3) is 0 Å². The molecule has 3 heteroatoms. The van der Waals surface area contributed by atoms with Crippen molar-refractivity contribution >= 4 is 5.91 Å². The van der Waals surface area contributed by atoms with Gasteiger partial charge in [-0.1, -0.05) is 0 Å². The zero-order chi connectivity index (χ0) is 8.39. The molecular formula is C9H16N2O. The van der Waals surface area contributed by atoms with Crippen molar-refractivity contribution in [2.45, 2.75) is 31.7 Å². The maximum Gasteiger partial charge on any atom is 0.220 e. The molecule has 2 N–H and O–H groups in total. The summed E-state index contributed by atoms with van der Waals surface area (Å²) < 4.78 is 0. The Morgan fingerprint density at radius 2 is 1.92 bits per heavy atom. The number of amides is 1. The molecule has 0 radical (unpaired) electrons. The van der Waals surface area contributed by atoms with Crippen molar-refractivity contribution in [1.82, 2.24) is 10.6 Å². The summed E-state index contributed by atoms with van der Waals surface area (Å²) >= 11 is 0. The van der Waals surface area contributed by atoms with E-state index in [4.69, 9.17) is 0 Å². The first-order chi connectivity index (χ1) is 5.86. The van der Waals surface area contributed by atoms with E-state index in [1.54, 1.807) is 0 Å². The Labute approximate surface area is 72.9 Å². The average Bonchev–Trinajstić information content (AvgIpc) is 2.54. The van der Waals surface area contributed by atoms with Crippen LogP contribution in [0.25, 0.3) is 0 Å². The largest absolute Gasteiger partial charge is 0.353 e. The third-order valence-electron chi connectivity index (χ3n) is 2.98. The summed E-state index contributed by atoms with van der Waals surface area (Å²) in [5.74, 6) is 0.983. The Morgan fingerprint density at radius 1 is 1.17 bits per heavy atom. The van der Waals surface area contributed by atoms with Crippen molar-refractivity contribution < 1.29 is 4.79 Å². The van der Waals surface area contributed by atoms with Crippen LogP contribution in [0.4, 0.5) is 0 Å². The molecule has 2 saturated heterocycles. The van der Waals surface area contributed by atoms with Gasteiger partial charge in [0.2, 0.25) is 5.91 Å². The van der Waals surface area contributed by atoms with Crippen molar-refractivity contribution in [3.63, 3.8) is 0 Å². The summed E-state index contributed by atoms with van der Waals surface area (Å²) in [5, 5.41) is 6.39. The lowest BCUT2D eigenvalue weighted by Gasteiger charge is -2.27. The van der Waals surface area contributed by atoms with Crippen LogP contribution < -0.4 is 10.6 Å². The second-order valence-corrected chi connectivity index (χ2v) is 3.80. The summed E-state index contributed by atoms with van der Waals surface area (Å²) in [6.07, 6.45) is 4.26. The van der Waals surface area contributed by atoms with E-state index in [1.807, 2.05) is 0 Å². The van der Waals surface area contributed by atoms with E-state index in [0.29, 0.717) is 6.04 Å². The molecule has 68 valence electrons. The van der Waals surface area contributed by atoms with E-state index in [9.17, 15) is 4.79 Å². The van der Waals surface area contributed by atoms with Gasteiger partial charge in [0.15, 0.2) is 0 Å². The van der Waals surface area contributed by atoms with Crippen LogP contribution in [0.3, 0.4) is 0 Å². The molecule has 2 rings (SSSR count). The van der Waals surface area contributed by atoms with Crippen LogP contribution in [0.5, 0.6) is 0 Å². The van der Waals surface area contributed by atoms with Gasteiger partial charge in [-0.2, -0.15) is 0 Å². The fraction of sp³-hybridized carbons (Fsp3) is 0.889. The molecule has 0 spiro atoms. The highest BCUT2D eigenvalue weighted by Gasteiger charge is 2.29. The van der Waals surface area contributed by atoms with Gasteiger partial charge in [-0.3, -0.25) is 4.79 Å². The van der Waals surface area contributed by atoms with Gasteiger partial charge >= 0.3 is 0 Å². The van der Waals surface area contributed by atoms with Crippen LogP contribution in [0.15, 0.2) is 0 Å². The Bertz CT molecular complexity index is 175. The highest BCUT2D eigenvalue weighted by Crippen LogP contribution is 2.22. The summed E-state index contributed by atoms with van der Waals surface area (Å²) in [6.45, 7) is 2.24. The van der Waals surface area contributed by atoms with E-state index in [0.717, 1.165) is 31.8 Å². The molecule has 1 atom stereocenters. The Balaban J connectivity index is 1.86. The predicted octanol–water partition coefficient (Wildman–Crippen LogP) is 0.265. The monoisotopic (exact) mass is 168 g/mol. The maximum absolute atomic E-state index is 11.0. The average molecular weight is 168 g/mol. The van der Waals surface area contributed by atoms with Crippen LogP contribution in [0, 0.1) is 5.92 Å². The second-order valence-electron chi connectivity index (χ2n) is 3.80. The highest BCUT2D eigenvalue weighted by molar-refractivity contribution is 5.78. The molecule has 0 unspecified atom stereocenters. The van der Waals surface area contributed by atoms with Crippen molar-refractivity contribution in [2.75, 3.05) is 13.1 Å². The van der Waals surface area contributed by atoms with Gasteiger partial charge in [-0.25, -0.2) is 0 Å². The van der Waals surface area contributed by atoms with Crippen LogP contribution in [0.2, 0.25) is 0 Å². The zero-order valence-corrected chi connectivity index (χ0v) is 7.31. The van der Waals surface area contributed by atoms with E-state index < -0.39 is 0 Å². The van der Waals surface area contributed by atoms with Gasteiger partial charge in [0.05, 0.1) is 0 Å². The van der Waals surface area contributed by atoms with Crippen LogP contribution in [-0.2, 0) is 4.79 Å². The third kappa shape index (κ3) is 1.61. The smallest absolute Gasteiger partial charge is 0.220 e. The summed E-state index contributed by atoms with van der Waals surface area (Å²) in [6, 6.07) is 0.486. The number of piperidine rings is 1. The first kappa shape index (κ1) is 8.05. The Hall–Kier alpha value is -0.570. The number of hydrogen-bond donors (Lipinski definition) is 2. The van der Waals surface area contributed by atoms with E-state index in [-0.39, 0.29) is 5.91 Å². The number of carbonyl (C=O) groups excluding carboxylic acids is 1. The fourth-order valence-electron chi connectivity index (χ4n) is 2.24. The third-order valence-corrected chi connectivity index (χ3v) is 2.98. The number of nitrogens with one attached hydrogen (secondary N) is 2. The molecule has 0 aromatic heterocycles. The molecule has 0 aromatic carbocycles. The molecule has 3 nitrogen and oxygen atoms in total. The molecule has 0 aliphatic carbocycles. The molecule has 12 heavy (non-hydrogen) atoms. The van der Waals surface area contributed by atoms with Gasteiger partial charge in [0, 0.05) is 12.5 Å². The summed E-state index contributed by atoms with van der Waals surface area (Å²) in [5.41, 5.74) is 0. The molecule has 2 fully saturated rings. The van der Waals surface area contributed by atoms with E-state index >= 15 is 0 Å². The van der Waals surface area contributed by atoms with E-state index in [1.165, 1.54) is 12.8 Å². The van der Waals surface area contributed by atoms with Crippen molar-refractivity contribution in [3.8, 4) is 0 Å². The number of rotatable bonds is 1. The molecule has 1 amide bonds. The number of hydrogen-bond acceptors (Lipinski definition) is 2. The SMILES string of the molecule is O=C1CC[C@@H](C2CCNCC2)N1. The summed E-state index contributed by atoms with van der Waals surface area (Å²) in [7, 11) is 0. The van der Waals surface area contributed by atoms with E-state index in [2.05, 4.69) is 10.6 Å². The maximum atomic E-state index is 11.0. The minimum absolute atomic E-state index is 0.249. The fourth-order valence-corrected chi connectivity index (χ4v) is 2.24. The Kier molecular flexibility index (Phi) is 2.30. The lowest BCUT2D eigenvalue weighted by atomic mass is 9.89. The van der Waals surface area contributed by atoms with Gasteiger partial charge in [-0.15, -0.1) is 0 Å². The van der Waals surface area contributed by atoms with Crippen LogP contribution >= 0.6 is 0 Å². The van der Waals surface area contributed by atoms with Gasteiger partial charge < -0.3 is 10.6 Å². The minimum Gasteiger partial charge on any atom is -0.353 e. The first-order valence-corrected chi connectivity index (χ1v) is 4.86. The molecule has 2 heterocycles. The van der Waals surface area contributed by atoms with Gasteiger partial charge in [-0.05, 0) is 38.3 Å². The van der Waals surface area contributed by atoms with Gasteiger partial charge in [0.1, 0.15) is 0 Å². The quantitative estimate of drug-likeness (QED) is 0.590. The molecular weight excluding hydrogens is 152 g/mol. The van der Waals surface area contributed by atoms with Crippen LogP contribution in [-0.4, -0.2) is 25.0 Å². The number of carbonyl (C=O) groups is 1.